The van der Waals surface area contributed by atoms with Gasteiger partial charge in [0.2, 0.25) is 0 Å². The lowest BCUT2D eigenvalue weighted by molar-refractivity contribution is 0.0465. The molecule has 0 aromatic carbocycles. The molecule has 33 heavy (non-hydrogen) atoms. The first-order valence-corrected chi connectivity index (χ1v) is 17.0. The van der Waals surface area contributed by atoms with Crippen LogP contribution in [0, 0.1) is 0 Å². The topological polar surface area (TPSA) is 67.4 Å². The number of rotatable bonds is 26. The molecule has 200 valence electrons. The third-order valence-corrected chi connectivity index (χ3v) is 9.83. The maximum atomic E-state index is 5.93. The van der Waals surface area contributed by atoms with Crippen molar-refractivity contribution in [2.45, 2.75) is 104 Å². The molecule has 0 heterocycles. The lowest BCUT2D eigenvalue weighted by Gasteiger charge is -2.18. The van der Waals surface area contributed by atoms with Crippen molar-refractivity contribution in [3.8, 4) is 0 Å². The molecular formula is C24H55NO6Si2. The predicted molar refractivity (Wildman–Crippen MR) is 142 cm³/mol. The number of hydrogen-bond donors (Lipinski definition) is 1. The van der Waals surface area contributed by atoms with Gasteiger partial charge in [-0.25, -0.2) is 0 Å². The van der Waals surface area contributed by atoms with Crippen LogP contribution in [0.4, 0.5) is 0 Å². The van der Waals surface area contributed by atoms with Crippen LogP contribution in [-0.4, -0.2) is 83.5 Å². The van der Waals surface area contributed by atoms with E-state index in [0.29, 0.717) is 0 Å². The molecule has 0 saturated heterocycles. The monoisotopic (exact) mass is 509 g/mol. The van der Waals surface area contributed by atoms with E-state index in [2.05, 4.69) is 19.2 Å². The van der Waals surface area contributed by atoms with Crippen LogP contribution >= 0.6 is 0 Å². The summed E-state index contributed by atoms with van der Waals surface area (Å²) < 4.78 is 34.7. The van der Waals surface area contributed by atoms with E-state index in [4.69, 9.17) is 27.2 Å². The van der Waals surface area contributed by atoms with Crippen molar-refractivity contribution in [2.75, 3.05) is 52.7 Å². The Balaban J connectivity index is 3.55. The van der Waals surface area contributed by atoms with E-state index < -0.39 is 18.6 Å². The van der Waals surface area contributed by atoms with E-state index in [1.54, 1.807) is 0 Å². The Morgan fingerprint density at radius 2 is 0.909 bits per heavy atom. The van der Waals surface area contributed by atoms with Crippen molar-refractivity contribution >= 4 is 18.6 Å². The number of nitrogens with one attached hydrogen (secondary N) is 1. The summed E-state index contributed by atoms with van der Waals surface area (Å²) in [4.78, 5) is 0. The summed E-state index contributed by atoms with van der Waals surface area (Å²) in [5.74, 6) is 0. The van der Waals surface area contributed by atoms with E-state index in [1.807, 2.05) is 27.7 Å². The van der Waals surface area contributed by atoms with E-state index in [0.717, 1.165) is 77.7 Å². The van der Waals surface area contributed by atoms with Crippen LogP contribution in [0.1, 0.15) is 80.1 Å². The van der Waals surface area contributed by atoms with E-state index in [-0.39, 0.29) is 12.2 Å². The molecule has 0 aliphatic carbocycles. The molecule has 0 spiro atoms. The zero-order valence-corrected chi connectivity index (χ0v) is 24.9. The van der Waals surface area contributed by atoms with Crippen LogP contribution in [-0.2, 0) is 27.2 Å². The van der Waals surface area contributed by atoms with Crippen molar-refractivity contribution in [1.29, 1.82) is 0 Å². The van der Waals surface area contributed by atoms with Crippen molar-refractivity contribution in [3.63, 3.8) is 0 Å². The zero-order chi connectivity index (χ0) is 24.6. The Bertz CT molecular complexity index is 352. The largest absolute Gasteiger partial charge is 0.397 e. The van der Waals surface area contributed by atoms with Crippen LogP contribution in [0.15, 0.2) is 0 Å². The molecule has 0 aliphatic rings. The van der Waals surface area contributed by atoms with Gasteiger partial charge in [0.05, 0.1) is 12.2 Å². The fourth-order valence-electron chi connectivity index (χ4n) is 3.53. The fourth-order valence-corrected chi connectivity index (χ4v) is 7.12. The third kappa shape index (κ3) is 22.4. The molecule has 7 nitrogen and oxygen atoms in total. The predicted octanol–water partition coefficient (Wildman–Crippen LogP) is 4.31. The van der Waals surface area contributed by atoms with Gasteiger partial charge in [-0.1, -0.05) is 25.7 Å². The van der Waals surface area contributed by atoms with Gasteiger partial charge >= 0.3 is 18.6 Å². The summed E-state index contributed by atoms with van der Waals surface area (Å²) in [5.41, 5.74) is 0. The first kappa shape index (κ1) is 33.2. The normalized spacial score (nSPS) is 13.8. The summed E-state index contributed by atoms with van der Waals surface area (Å²) in [6, 6.07) is 2.19. The van der Waals surface area contributed by atoms with Crippen molar-refractivity contribution in [1.82, 2.24) is 5.32 Å². The maximum absolute atomic E-state index is 5.93. The Morgan fingerprint density at radius 3 is 1.24 bits per heavy atom. The van der Waals surface area contributed by atoms with Crippen molar-refractivity contribution in [2.24, 2.45) is 0 Å². The van der Waals surface area contributed by atoms with E-state index in [1.165, 1.54) is 25.7 Å². The summed E-state index contributed by atoms with van der Waals surface area (Å²) in [5, 5.41) is 3.47. The Kier molecular flexibility index (Phi) is 25.4. The quantitative estimate of drug-likeness (QED) is 0.138. The van der Waals surface area contributed by atoms with Crippen molar-refractivity contribution < 1.29 is 27.2 Å². The Labute approximate surface area is 208 Å². The lowest BCUT2D eigenvalue weighted by Crippen LogP contribution is -2.33. The highest BCUT2D eigenvalue weighted by atomic mass is 28.3. The second kappa shape index (κ2) is 25.3. The molecule has 0 bridgehead atoms. The van der Waals surface area contributed by atoms with E-state index in [9.17, 15) is 0 Å². The van der Waals surface area contributed by atoms with Crippen molar-refractivity contribution in [3.05, 3.63) is 0 Å². The Morgan fingerprint density at radius 1 is 0.545 bits per heavy atom. The lowest BCUT2D eigenvalue weighted by atomic mass is 10.2. The molecule has 0 aliphatic heterocycles. The molecule has 0 aromatic rings. The number of hydrogen-bond acceptors (Lipinski definition) is 7. The average Bonchev–Trinajstić information content (AvgIpc) is 2.79. The highest BCUT2D eigenvalue weighted by molar-refractivity contribution is 6.44. The van der Waals surface area contributed by atoms with Gasteiger partial charge in [0.15, 0.2) is 0 Å². The minimum absolute atomic E-state index is 0.221. The second-order valence-corrected chi connectivity index (χ2v) is 12.6. The minimum Gasteiger partial charge on any atom is -0.397 e. The zero-order valence-electron chi connectivity index (χ0n) is 22.6. The van der Waals surface area contributed by atoms with Crippen LogP contribution < -0.4 is 5.32 Å². The molecule has 2 unspecified atom stereocenters. The summed E-state index contributed by atoms with van der Waals surface area (Å²) in [6.45, 7) is 18.8. The molecule has 0 rings (SSSR count). The first-order valence-electron chi connectivity index (χ1n) is 13.5. The van der Waals surface area contributed by atoms with Gasteiger partial charge in [-0.15, -0.1) is 0 Å². The minimum atomic E-state index is -1.43. The van der Waals surface area contributed by atoms with Gasteiger partial charge in [-0.3, -0.25) is 0 Å². The molecule has 2 atom stereocenters. The van der Waals surface area contributed by atoms with Gasteiger partial charge < -0.3 is 32.5 Å². The average molecular weight is 510 g/mol. The molecule has 0 radical (unpaired) electrons. The first-order chi connectivity index (χ1) is 16.1. The summed E-state index contributed by atoms with van der Waals surface area (Å²) in [7, 11) is -2.85. The molecule has 9 heteroatoms. The van der Waals surface area contributed by atoms with Gasteiger partial charge in [0.25, 0.3) is 0 Å². The number of unbranched alkanes of at least 4 members (excludes halogenated alkanes) is 4. The summed E-state index contributed by atoms with van der Waals surface area (Å²) in [6.07, 6.45) is 7.33. The molecular weight excluding hydrogens is 454 g/mol. The van der Waals surface area contributed by atoms with Gasteiger partial charge in [0, 0.05) is 52.7 Å². The third-order valence-electron chi connectivity index (χ3n) is 5.25. The standard InChI is InChI=1S/C24H55NO6Si2/c1-7-28-32(29-8-2)19-15-11-13-17-26-23(5)21-25-22-24(6)27-18-14-12-16-20-33(30-9-3)31-10-4/h23-25,32-33H,7-22H2,1-6H3. The molecule has 0 amide bonds. The molecule has 1 N–H and O–H groups in total. The van der Waals surface area contributed by atoms with Crippen LogP contribution in [0.25, 0.3) is 0 Å². The highest BCUT2D eigenvalue weighted by Gasteiger charge is 2.12. The van der Waals surface area contributed by atoms with E-state index >= 15 is 0 Å². The smallest absolute Gasteiger partial charge is 0.321 e. The Hall–Kier alpha value is 0.154. The van der Waals surface area contributed by atoms with Gasteiger partial charge in [0.1, 0.15) is 0 Å². The molecule has 0 fully saturated rings. The van der Waals surface area contributed by atoms with Gasteiger partial charge in [-0.2, -0.15) is 0 Å². The maximum Gasteiger partial charge on any atom is 0.321 e. The molecule has 0 aromatic heterocycles. The summed E-state index contributed by atoms with van der Waals surface area (Å²) >= 11 is 0. The van der Waals surface area contributed by atoms with Gasteiger partial charge in [-0.05, 0) is 66.5 Å². The fraction of sp³-hybridized carbons (Fsp3) is 1.00. The molecule has 0 saturated carbocycles. The number of ether oxygens (including phenoxy) is 2. The van der Waals surface area contributed by atoms with Crippen LogP contribution in [0.5, 0.6) is 0 Å². The second-order valence-electron chi connectivity index (χ2n) is 8.40. The van der Waals surface area contributed by atoms with Crippen LogP contribution in [0.3, 0.4) is 0 Å². The SMILES string of the molecule is CCO[SiH](CCCCCOC(C)CNCC(C)OCCCCC[SiH](OCC)OCC)OCC. The van der Waals surface area contributed by atoms with Crippen LogP contribution in [0.2, 0.25) is 12.1 Å². The highest BCUT2D eigenvalue weighted by Crippen LogP contribution is 2.09.